The molecule has 1 aromatic heterocycles. The molecule has 0 aromatic carbocycles. The molecule has 0 saturated carbocycles. The lowest BCUT2D eigenvalue weighted by atomic mass is 10.0. The molecule has 0 spiro atoms. The monoisotopic (exact) mass is 257 g/mol. The van der Waals surface area contributed by atoms with Crippen molar-refractivity contribution in [3.8, 4) is 11.9 Å². The van der Waals surface area contributed by atoms with Crippen LogP contribution in [0.3, 0.4) is 0 Å². The number of amides is 1. The molecule has 1 rings (SSSR count). The zero-order valence-corrected chi connectivity index (χ0v) is 10.0. The first-order valence-electron chi connectivity index (χ1n) is 5.09. The number of nitrogens with two attached hydrogens (primary N) is 1. The predicted molar refractivity (Wildman–Crippen MR) is 59.9 cm³/mol. The highest BCUT2D eigenvalue weighted by Gasteiger charge is 2.25. The molecule has 18 heavy (non-hydrogen) atoms. The third-order valence-corrected chi connectivity index (χ3v) is 2.23. The molecule has 0 bridgehead atoms. The molecule has 0 fully saturated rings. The smallest absolute Gasteiger partial charge is 0.319 e. The number of methoxy groups -OCH3 is 2. The summed E-state index contributed by atoms with van der Waals surface area (Å²) in [6, 6.07) is 0.0622. The molecule has 8 heteroatoms. The maximum absolute atomic E-state index is 10.7. The van der Waals surface area contributed by atoms with E-state index in [0.717, 1.165) is 0 Å². The number of carbonyl (C=O) groups excluding carboxylic acids is 1. The minimum Gasteiger partial charge on any atom is -0.481 e. The van der Waals surface area contributed by atoms with Crippen molar-refractivity contribution < 1.29 is 24.5 Å². The molecule has 1 heterocycles. The Morgan fingerprint density at radius 3 is 2.61 bits per heavy atom. The number of rotatable bonds is 6. The van der Waals surface area contributed by atoms with Crippen molar-refractivity contribution in [3.63, 3.8) is 0 Å². The molecule has 4 N–H and O–H groups in total. The van der Waals surface area contributed by atoms with Crippen molar-refractivity contribution in [2.75, 3.05) is 14.2 Å². The average molecular weight is 257 g/mol. The van der Waals surface area contributed by atoms with E-state index in [4.69, 9.17) is 15.2 Å². The second-order valence-electron chi connectivity index (χ2n) is 3.50. The number of aliphatic hydroxyl groups is 2. The van der Waals surface area contributed by atoms with Crippen LogP contribution in [0.2, 0.25) is 0 Å². The highest BCUT2D eigenvalue weighted by molar-refractivity contribution is 5.74. The lowest BCUT2D eigenvalue weighted by Gasteiger charge is -2.18. The predicted octanol–water partition coefficient (Wildman–Crippen LogP) is -1.24. The Bertz CT molecular complexity index is 426. The summed E-state index contributed by atoms with van der Waals surface area (Å²) < 4.78 is 9.74. The average Bonchev–Trinajstić information content (AvgIpc) is 2.36. The minimum absolute atomic E-state index is 0.0536. The van der Waals surface area contributed by atoms with E-state index in [1.165, 1.54) is 20.4 Å². The van der Waals surface area contributed by atoms with Crippen molar-refractivity contribution in [3.05, 3.63) is 11.8 Å². The highest BCUT2D eigenvalue weighted by Crippen LogP contribution is 2.27. The van der Waals surface area contributed by atoms with Crippen LogP contribution >= 0.6 is 0 Å². The van der Waals surface area contributed by atoms with E-state index < -0.39 is 18.1 Å². The van der Waals surface area contributed by atoms with Gasteiger partial charge in [0, 0.05) is 6.20 Å². The van der Waals surface area contributed by atoms with Gasteiger partial charge >= 0.3 is 6.01 Å². The van der Waals surface area contributed by atoms with Gasteiger partial charge in [0.15, 0.2) is 0 Å². The van der Waals surface area contributed by atoms with E-state index in [0.29, 0.717) is 0 Å². The van der Waals surface area contributed by atoms with E-state index in [-0.39, 0.29) is 23.9 Å². The fourth-order valence-electron chi connectivity index (χ4n) is 1.35. The molecule has 0 saturated heterocycles. The number of primary amides is 1. The Morgan fingerprint density at radius 1 is 1.44 bits per heavy atom. The Kier molecular flexibility index (Phi) is 4.81. The summed E-state index contributed by atoms with van der Waals surface area (Å²) in [5, 5.41) is 19.4. The SMILES string of the molecule is COc1ncc(C(O)C(O)CC(N)=O)c(OC)n1. The van der Waals surface area contributed by atoms with Crippen molar-refractivity contribution in [1.82, 2.24) is 9.97 Å². The Labute approximate surface area is 103 Å². The van der Waals surface area contributed by atoms with Crippen LogP contribution in [-0.4, -0.2) is 46.4 Å². The van der Waals surface area contributed by atoms with Gasteiger partial charge < -0.3 is 25.4 Å². The lowest BCUT2D eigenvalue weighted by Crippen LogP contribution is -2.26. The van der Waals surface area contributed by atoms with Crippen LogP contribution in [0, 0.1) is 0 Å². The van der Waals surface area contributed by atoms with Gasteiger partial charge in [-0.3, -0.25) is 4.79 Å². The van der Waals surface area contributed by atoms with Crippen LogP contribution < -0.4 is 15.2 Å². The molecule has 0 aliphatic rings. The number of ether oxygens (including phenoxy) is 2. The second kappa shape index (κ2) is 6.12. The molecule has 1 amide bonds. The van der Waals surface area contributed by atoms with Gasteiger partial charge in [0.1, 0.15) is 6.10 Å². The number of hydrogen-bond donors (Lipinski definition) is 3. The standard InChI is InChI=1S/C10H15N3O5/c1-17-9-5(4-12-10(13-9)18-2)8(16)6(14)3-7(11)15/h4,6,8,14,16H,3H2,1-2H3,(H2,11,15). The molecular formula is C10H15N3O5. The lowest BCUT2D eigenvalue weighted by molar-refractivity contribution is -0.121. The zero-order chi connectivity index (χ0) is 13.7. The van der Waals surface area contributed by atoms with Gasteiger partial charge in [0.2, 0.25) is 11.8 Å². The first kappa shape index (κ1) is 14.1. The van der Waals surface area contributed by atoms with E-state index in [9.17, 15) is 15.0 Å². The fourth-order valence-corrected chi connectivity index (χ4v) is 1.35. The summed E-state index contributed by atoms with van der Waals surface area (Å²) in [5.74, 6) is -0.673. The normalized spacial score (nSPS) is 13.8. The van der Waals surface area contributed by atoms with Gasteiger partial charge in [-0.25, -0.2) is 4.98 Å². The van der Waals surface area contributed by atoms with Gasteiger partial charge in [-0.05, 0) is 0 Å². The number of nitrogens with zero attached hydrogens (tertiary/aromatic N) is 2. The molecule has 1 aromatic rings. The van der Waals surface area contributed by atoms with E-state index >= 15 is 0 Å². The number of carbonyl (C=O) groups is 1. The Morgan fingerprint density at radius 2 is 2.11 bits per heavy atom. The van der Waals surface area contributed by atoms with Crippen molar-refractivity contribution in [2.45, 2.75) is 18.6 Å². The maximum Gasteiger partial charge on any atom is 0.319 e. The molecular weight excluding hydrogens is 242 g/mol. The van der Waals surface area contributed by atoms with Crippen LogP contribution in [0.25, 0.3) is 0 Å². The first-order chi connectivity index (χ1) is 8.49. The quantitative estimate of drug-likeness (QED) is 0.581. The zero-order valence-electron chi connectivity index (χ0n) is 10.0. The molecule has 0 aliphatic heterocycles. The summed E-state index contributed by atoms with van der Waals surface area (Å²) in [6.07, 6.45) is -1.86. The topological polar surface area (TPSA) is 128 Å². The van der Waals surface area contributed by atoms with Crippen molar-refractivity contribution in [1.29, 1.82) is 0 Å². The van der Waals surface area contributed by atoms with Gasteiger partial charge in [-0.2, -0.15) is 4.98 Å². The first-order valence-corrected chi connectivity index (χ1v) is 5.09. The highest BCUT2D eigenvalue weighted by atomic mass is 16.5. The third-order valence-electron chi connectivity index (χ3n) is 2.23. The number of aromatic nitrogens is 2. The Hall–Kier alpha value is -1.93. The third kappa shape index (κ3) is 3.28. The number of hydrogen-bond acceptors (Lipinski definition) is 7. The molecule has 100 valence electrons. The van der Waals surface area contributed by atoms with Crippen LogP contribution in [0.15, 0.2) is 6.20 Å². The van der Waals surface area contributed by atoms with Gasteiger partial charge in [0.25, 0.3) is 0 Å². The van der Waals surface area contributed by atoms with Gasteiger partial charge in [0.05, 0.1) is 32.3 Å². The van der Waals surface area contributed by atoms with Crippen molar-refractivity contribution in [2.24, 2.45) is 5.73 Å². The summed E-state index contributed by atoms with van der Waals surface area (Å²) in [4.78, 5) is 18.3. The largest absolute Gasteiger partial charge is 0.481 e. The van der Waals surface area contributed by atoms with Crippen molar-refractivity contribution >= 4 is 5.91 Å². The van der Waals surface area contributed by atoms with Gasteiger partial charge in [-0.1, -0.05) is 0 Å². The van der Waals surface area contributed by atoms with E-state index in [1.807, 2.05) is 0 Å². The van der Waals surface area contributed by atoms with Crippen LogP contribution in [0.4, 0.5) is 0 Å². The molecule has 2 unspecified atom stereocenters. The summed E-state index contributed by atoms with van der Waals surface area (Å²) in [7, 11) is 2.73. The maximum atomic E-state index is 10.7. The minimum atomic E-state index is -1.38. The molecule has 2 atom stereocenters. The Balaban J connectivity index is 2.97. The molecule has 0 radical (unpaired) electrons. The fraction of sp³-hybridized carbons (Fsp3) is 0.500. The summed E-state index contributed by atoms with van der Waals surface area (Å²) >= 11 is 0. The molecule has 0 aliphatic carbocycles. The van der Waals surface area contributed by atoms with Gasteiger partial charge in [-0.15, -0.1) is 0 Å². The number of aliphatic hydroxyl groups excluding tert-OH is 2. The van der Waals surface area contributed by atoms with Crippen LogP contribution in [0.1, 0.15) is 18.1 Å². The summed E-state index contributed by atoms with van der Waals surface area (Å²) in [6.45, 7) is 0. The van der Waals surface area contributed by atoms with E-state index in [1.54, 1.807) is 0 Å². The van der Waals surface area contributed by atoms with E-state index in [2.05, 4.69) is 9.97 Å². The second-order valence-corrected chi connectivity index (χ2v) is 3.50. The van der Waals surface area contributed by atoms with Crippen LogP contribution in [0.5, 0.6) is 11.9 Å². The van der Waals surface area contributed by atoms with Crippen LogP contribution in [-0.2, 0) is 4.79 Å². The molecule has 8 nitrogen and oxygen atoms in total. The summed E-state index contributed by atoms with van der Waals surface area (Å²) in [5.41, 5.74) is 5.08.